The van der Waals surface area contributed by atoms with E-state index in [1.54, 1.807) is 12.1 Å². The van der Waals surface area contributed by atoms with Gasteiger partial charge in [-0.1, -0.05) is 19.4 Å². The van der Waals surface area contributed by atoms with Crippen LogP contribution < -0.4 is 5.73 Å². The minimum absolute atomic E-state index is 0.127. The summed E-state index contributed by atoms with van der Waals surface area (Å²) in [5.74, 6) is 0.287. The van der Waals surface area contributed by atoms with Gasteiger partial charge in [-0.2, -0.15) is 0 Å². The Bertz CT molecular complexity index is 352. The Balaban J connectivity index is 2.49. The van der Waals surface area contributed by atoms with Crippen molar-refractivity contribution in [2.75, 3.05) is 0 Å². The molecule has 0 aromatic heterocycles. The number of phenols is 1. The van der Waals surface area contributed by atoms with Gasteiger partial charge in [0.25, 0.3) is 0 Å². The number of benzene rings is 1. The van der Waals surface area contributed by atoms with E-state index in [2.05, 4.69) is 6.92 Å². The summed E-state index contributed by atoms with van der Waals surface area (Å²) in [6.07, 6.45) is 2.88. The predicted molar refractivity (Wildman–Crippen MR) is 70.1 cm³/mol. The number of phenolic OH excluding ortho intramolecular Hbond substituents is 1. The van der Waals surface area contributed by atoms with Crippen LogP contribution in [0.4, 0.5) is 0 Å². The summed E-state index contributed by atoms with van der Waals surface area (Å²) in [6, 6.07) is 5.20. The van der Waals surface area contributed by atoms with Gasteiger partial charge in [0, 0.05) is 6.04 Å². The van der Waals surface area contributed by atoms with Crippen molar-refractivity contribution < 1.29 is 10.2 Å². The van der Waals surface area contributed by atoms with E-state index in [1.807, 2.05) is 13.0 Å². The standard InChI is InChI=1S/C14H23NO2/c1-3-4-13(15)14(17)8-6-11-5-7-12(16)9-10(11)2/h5,7,9,13-14,16-17H,3-4,6,8,15H2,1-2H3. The van der Waals surface area contributed by atoms with Crippen LogP contribution in [0.1, 0.15) is 37.3 Å². The van der Waals surface area contributed by atoms with E-state index < -0.39 is 6.10 Å². The Morgan fingerprint density at radius 2 is 2.00 bits per heavy atom. The first-order valence-corrected chi connectivity index (χ1v) is 6.26. The summed E-state index contributed by atoms with van der Waals surface area (Å²) in [5, 5.41) is 19.2. The largest absolute Gasteiger partial charge is 0.508 e. The van der Waals surface area contributed by atoms with Gasteiger partial charge in [0.1, 0.15) is 5.75 Å². The van der Waals surface area contributed by atoms with Gasteiger partial charge in [0.05, 0.1) is 6.10 Å². The van der Waals surface area contributed by atoms with Gasteiger partial charge in [-0.3, -0.25) is 0 Å². The molecule has 0 spiro atoms. The van der Waals surface area contributed by atoms with Crippen LogP contribution in [0.25, 0.3) is 0 Å². The molecular formula is C14H23NO2. The topological polar surface area (TPSA) is 66.5 Å². The number of rotatable bonds is 6. The predicted octanol–water partition coefficient (Wildman–Crippen LogP) is 2.12. The van der Waals surface area contributed by atoms with E-state index in [0.717, 1.165) is 30.4 Å². The maximum atomic E-state index is 9.88. The van der Waals surface area contributed by atoms with Gasteiger partial charge < -0.3 is 15.9 Å². The minimum atomic E-state index is -0.442. The smallest absolute Gasteiger partial charge is 0.115 e. The third-order valence-corrected chi connectivity index (χ3v) is 3.15. The second kappa shape index (κ2) is 6.62. The highest BCUT2D eigenvalue weighted by Gasteiger charge is 2.14. The van der Waals surface area contributed by atoms with Crippen molar-refractivity contribution in [1.82, 2.24) is 0 Å². The van der Waals surface area contributed by atoms with Crippen LogP contribution in [0.5, 0.6) is 5.75 Å². The molecule has 96 valence electrons. The Kier molecular flexibility index (Phi) is 5.45. The number of aryl methyl sites for hydroxylation is 2. The van der Waals surface area contributed by atoms with E-state index >= 15 is 0 Å². The lowest BCUT2D eigenvalue weighted by Crippen LogP contribution is -2.34. The highest BCUT2D eigenvalue weighted by Crippen LogP contribution is 2.18. The molecule has 0 heterocycles. The van der Waals surface area contributed by atoms with Crippen molar-refractivity contribution in [2.24, 2.45) is 5.73 Å². The maximum absolute atomic E-state index is 9.88. The molecule has 2 unspecified atom stereocenters. The average Bonchev–Trinajstić information content (AvgIpc) is 2.27. The summed E-state index contributed by atoms with van der Waals surface area (Å²) in [6.45, 7) is 4.03. The highest BCUT2D eigenvalue weighted by molar-refractivity contribution is 5.33. The number of nitrogens with two attached hydrogens (primary N) is 1. The van der Waals surface area contributed by atoms with Gasteiger partial charge in [0.15, 0.2) is 0 Å². The first-order valence-electron chi connectivity index (χ1n) is 6.26. The van der Waals surface area contributed by atoms with Crippen LogP contribution in [0.2, 0.25) is 0 Å². The third kappa shape index (κ3) is 4.36. The second-order valence-corrected chi connectivity index (χ2v) is 4.67. The zero-order valence-corrected chi connectivity index (χ0v) is 10.7. The fraction of sp³-hybridized carbons (Fsp3) is 0.571. The highest BCUT2D eigenvalue weighted by atomic mass is 16.3. The number of aliphatic hydroxyl groups is 1. The van der Waals surface area contributed by atoms with Crippen molar-refractivity contribution in [2.45, 2.75) is 51.7 Å². The summed E-state index contributed by atoms with van der Waals surface area (Å²) in [7, 11) is 0. The molecule has 17 heavy (non-hydrogen) atoms. The molecule has 1 rings (SSSR count). The molecule has 4 N–H and O–H groups in total. The van der Waals surface area contributed by atoms with E-state index in [4.69, 9.17) is 5.73 Å². The molecule has 3 nitrogen and oxygen atoms in total. The monoisotopic (exact) mass is 237 g/mol. The van der Waals surface area contributed by atoms with E-state index in [9.17, 15) is 10.2 Å². The van der Waals surface area contributed by atoms with E-state index in [-0.39, 0.29) is 11.8 Å². The lowest BCUT2D eigenvalue weighted by atomic mass is 9.97. The van der Waals surface area contributed by atoms with Crippen molar-refractivity contribution >= 4 is 0 Å². The van der Waals surface area contributed by atoms with Crippen molar-refractivity contribution in [3.8, 4) is 5.75 Å². The number of aliphatic hydroxyl groups excluding tert-OH is 1. The zero-order chi connectivity index (χ0) is 12.8. The molecule has 0 aliphatic carbocycles. The molecule has 0 aliphatic rings. The third-order valence-electron chi connectivity index (χ3n) is 3.15. The summed E-state index contributed by atoms with van der Waals surface area (Å²) in [5.41, 5.74) is 8.08. The first-order chi connectivity index (χ1) is 8.04. The molecule has 0 fully saturated rings. The Hall–Kier alpha value is -1.06. The SMILES string of the molecule is CCCC(N)C(O)CCc1ccc(O)cc1C. The van der Waals surface area contributed by atoms with Crippen molar-refractivity contribution in [1.29, 1.82) is 0 Å². The Morgan fingerprint density at radius 3 is 2.59 bits per heavy atom. The summed E-state index contributed by atoms with van der Waals surface area (Å²) < 4.78 is 0. The lowest BCUT2D eigenvalue weighted by molar-refractivity contribution is 0.131. The van der Waals surface area contributed by atoms with Gasteiger partial charge in [-0.15, -0.1) is 0 Å². The summed E-state index contributed by atoms with van der Waals surface area (Å²) >= 11 is 0. The molecule has 0 saturated carbocycles. The average molecular weight is 237 g/mol. The van der Waals surface area contributed by atoms with Crippen LogP contribution in [-0.4, -0.2) is 22.4 Å². The minimum Gasteiger partial charge on any atom is -0.508 e. The first kappa shape index (κ1) is 14.0. The molecule has 1 aromatic rings. The van der Waals surface area contributed by atoms with Crippen LogP contribution >= 0.6 is 0 Å². The van der Waals surface area contributed by atoms with Crippen LogP contribution in [0, 0.1) is 6.92 Å². The van der Waals surface area contributed by atoms with Crippen LogP contribution in [-0.2, 0) is 6.42 Å². The molecule has 3 heteroatoms. The van der Waals surface area contributed by atoms with Crippen molar-refractivity contribution in [3.05, 3.63) is 29.3 Å². The van der Waals surface area contributed by atoms with E-state index in [0.29, 0.717) is 6.42 Å². The molecule has 0 amide bonds. The van der Waals surface area contributed by atoms with Crippen LogP contribution in [0.15, 0.2) is 18.2 Å². The van der Waals surface area contributed by atoms with Gasteiger partial charge >= 0.3 is 0 Å². The molecule has 0 aliphatic heterocycles. The van der Waals surface area contributed by atoms with E-state index in [1.165, 1.54) is 0 Å². The summed E-state index contributed by atoms with van der Waals surface area (Å²) in [4.78, 5) is 0. The molecule has 0 saturated heterocycles. The number of hydrogen-bond acceptors (Lipinski definition) is 3. The number of aromatic hydroxyl groups is 1. The molecular weight excluding hydrogens is 214 g/mol. The Morgan fingerprint density at radius 1 is 1.29 bits per heavy atom. The van der Waals surface area contributed by atoms with Crippen LogP contribution in [0.3, 0.4) is 0 Å². The normalized spacial score (nSPS) is 14.6. The fourth-order valence-corrected chi connectivity index (χ4v) is 2.00. The maximum Gasteiger partial charge on any atom is 0.115 e. The number of hydrogen-bond donors (Lipinski definition) is 3. The Labute approximate surface area is 103 Å². The second-order valence-electron chi connectivity index (χ2n) is 4.67. The molecule has 1 aromatic carbocycles. The molecule has 2 atom stereocenters. The quantitative estimate of drug-likeness (QED) is 0.710. The van der Waals surface area contributed by atoms with Gasteiger partial charge in [0.2, 0.25) is 0 Å². The lowest BCUT2D eigenvalue weighted by Gasteiger charge is -2.18. The fourth-order valence-electron chi connectivity index (χ4n) is 2.00. The molecule has 0 radical (unpaired) electrons. The van der Waals surface area contributed by atoms with Gasteiger partial charge in [-0.25, -0.2) is 0 Å². The van der Waals surface area contributed by atoms with Gasteiger partial charge in [-0.05, 0) is 49.4 Å². The zero-order valence-electron chi connectivity index (χ0n) is 10.7. The van der Waals surface area contributed by atoms with Crippen molar-refractivity contribution in [3.63, 3.8) is 0 Å². The molecule has 0 bridgehead atoms.